The summed E-state index contributed by atoms with van der Waals surface area (Å²) < 4.78 is 50.8. The summed E-state index contributed by atoms with van der Waals surface area (Å²) in [6, 6.07) is -0.891. The first-order valence-electron chi connectivity index (χ1n) is 12.8. The lowest BCUT2D eigenvalue weighted by atomic mass is 10.1. The summed E-state index contributed by atoms with van der Waals surface area (Å²) >= 11 is 0. The second kappa shape index (κ2) is 10.9. The van der Waals surface area contributed by atoms with E-state index in [2.05, 4.69) is 39.3 Å². The maximum absolute atomic E-state index is 13.0. The third kappa shape index (κ3) is 5.22. The number of H-pyrrole nitrogens is 2. The Hall–Kier alpha value is -4.03. The van der Waals surface area contributed by atoms with Crippen LogP contribution in [-0.4, -0.2) is 108 Å². The molecule has 7 unspecified atom stereocenters. The minimum Gasteiger partial charge on any atom is -0.394 e. The van der Waals surface area contributed by atoms with Crippen molar-refractivity contribution in [3.63, 3.8) is 0 Å². The number of aromatic nitrogens is 8. The predicted molar refractivity (Wildman–Crippen MR) is 145 cm³/mol. The monoisotopic (exact) mass is 624 g/mol. The van der Waals surface area contributed by atoms with Gasteiger partial charge in [0, 0.05) is 20.1 Å². The first-order chi connectivity index (χ1) is 20.5. The number of fused-ring (bicyclic) bond motifs is 2. The zero-order chi connectivity index (χ0) is 30.6. The van der Waals surface area contributed by atoms with Gasteiger partial charge >= 0.3 is 0 Å². The molecule has 7 atom stereocenters. The van der Waals surface area contributed by atoms with Crippen molar-refractivity contribution in [2.24, 2.45) is 0 Å². The first kappa shape index (κ1) is 29.1. The molecule has 10 N–H and O–H groups in total. The molecule has 2 fully saturated rings. The number of hydrogen-bond donors (Lipinski definition) is 8. The molecule has 6 heterocycles. The van der Waals surface area contributed by atoms with Crippen LogP contribution in [0, 0.1) is 0 Å². The third-order valence-corrected chi connectivity index (χ3v) is 8.42. The minimum atomic E-state index is -4.23. The van der Waals surface area contributed by atoms with Crippen LogP contribution in [0.5, 0.6) is 0 Å². The van der Waals surface area contributed by atoms with E-state index in [-0.39, 0.29) is 47.2 Å². The summed E-state index contributed by atoms with van der Waals surface area (Å²) in [6.07, 6.45) is -3.55. The predicted octanol–water partition coefficient (Wildman–Crippen LogP) is -4.24. The summed E-state index contributed by atoms with van der Waals surface area (Å²) in [7, 11) is -2.90. The Morgan fingerprint density at radius 1 is 1.05 bits per heavy atom. The Labute approximate surface area is 240 Å². The van der Waals surface area contributed by atoms with Crippen LogP contribution in [0.1, 0.15) is 18.9 Å². The smallest absolute Gasteiger partial charge is 0.280 e. The first-order valence-corrected chi connectivity index (χ1v) is 14.3. The van der Waals surface area contributed by atoms with Crippen LogP contribution >= 0.6 is 0 Å². The molecule has 0 bridgehead atoms. The average Bonchev–Trinajstić information content (AvgIpc) is 3.71. The molecule has 0 spiro atoms. The van der Waals surface area contributed by atoms with Gasteiger partial charge in [0.2, 0.25) is 11.9 Å². The highest BCUT2D eigenvalue weighted by Gasteiger charge is 2.46. The zero-order valence-corrected chi connectivity index (χ0v) is 23.1. The molecule has 6 rings (SSSR count). The summed E-state index contributed by atoms with van der Waals surface area (Å²) in [5.74, 6) is -0.302. The van der Waals surface area contributed by atoms with E-state index in [1.807, 2.05) is 0 Å². The molecule has 0 amide bonds. The van der Waals surface area contributed by atoms with Crippen molar-refractivity contribution in [2.75, 3.05) is 31.7 Å². The molecular weight excluding hydrogens is 596 g/mol. The molecular formula is C21H28N12O9S. The van der Waals surface area contributed by atoms with Crippen LogP contribution in [-0.2, 0) is 24.4 Å². The maximum atomic E-state index is 13.0. The van der Waals surface area contributed by atoms with Crippen LogP contribution in [0.15, 0.2) is 22.2 Å². The van der Waals surface area contributed by atoms with E-state index in [0.717, 1.165) is 0 Å². The molecule has 0 saturated carbocycles. The normalized spacial score (nSPS) is 27.9. The number of aliphatic hydroxyl groups is 2. The lowest BCUT2D eigenvalue weighted by molar-refractivity contribution is -0.0330. The fourth-order valence-electron chi connectivity index (χ4n) is 5.32. The van der Waals surface area contributed by atoms with E-state index < -0.39 is 70.8 Å². The number of aromatic amines is 2. The number of imidazole rings is 2. The summed E-state index contributed by atoms with van der Waals surface area (Å²) in [4.78, 5) is 45.1. The van der Waals surface area contributed by atoms with Crippen molar-refractivity contribution in [3.8, 4) is 0 Å². The molecule has 2 aliphatic heterocycles. The molecule has 43 heavy (non-hydrogen) atoms. The van der Waals surface area contributed by atoms with Gasteiger partial charge in [-0.15, -0.1) is 0 Å². The van der Waals surface area contributed by atoms with E-state index >= 15 is 0 Å². The Balaban J connectivity index is 1.15. The largest absolute Gasteiger partial charge is 0.394 e. The Morgan fingerprint density at radius 2 is 1.65 bits per heavy atom. The van der Waals surface area contributed by atoms with Crippen LogP contribution in [0.4, 0.5) is 11.9 Å². The minimum absolute atomic E-state index is 0.0172. The number of methoxy groups -OCH3 is 1. The van der Waals surface area contributed by atoms with Crippen molar-refractivity contribution < 1.29 is 32.8 Å². The molecule has 0 radical (unpaired) electrons. The number of nitrogens with zero attached hydrogens (tertiary/aromatic N) is 6. The van der Waals surface area contributed by atoms with Gasteiger partial charge in [-0.25, -0.2) is 9.97 Å². The van der Waals surface area contributed by atoms with Crippen LogP contribution in [0.25, 0.3) is 22.3 Å². The van der Waals surface area contributed by atoms with Gasteiger partial charge in [-0.1, -0.05) is 0 Å². The zero-order valence-electron chi connectivity index (χ0n) is 22.3. The van der Waals surface area contributed by atoms with Gasteiger partial charge in [0.05, 0.1) is 31.4 Å². The van der Waals surface area contributed by atoms with Gasteiger partial charge in [-0.2, -0.15) is 27.8 Å². The molecule has 21 nitrogen and oxygen atoms in total. The maximum Gasteiger partial charge on any atom is 0.280 e. The molecule has 2 aliphatic rings. The molecule has 4 aromatic rings. The fraction of sp³-hybridized carbons (Fsp3) is 0.524. The lowest BCUT2D eigenvalue weighted by Gasteiger charge is -2.21. The molecule has 0 aliphatic carbocycles. The van der Waals surface area contributed by atoms with Gasteiger partial charge in [-0.05, 0) is 0 Å². The summed E-state index contributed by atoms with van der Waals surface area (Å²) in [6.45, 7) is -0.846. The Kier molecular flexibility index (Phi) is 7.37. The Morgan fingerprint density at radius 3 is 2.26 bits per heavy atom. The van der Waals surface area contributed by atoms with E-state index in [0.29, 0.717) is 0 Å². The second-order valence-electron chi connectivity index (χ2n) is 9.93. The standard InChI is InChI=1S/C21H28N12O9S/c1-40-14-8(42-19(13(14)35)33-6-25-12-16(33)28-21(23)30-18(12)37)3-26-43(38,39)31-7-2-10(41-9(7)4-34)32-5-24-11-15(32)27-20(22)29-17(11)36/h5-10,13-14,19,26,31,34-35H,2-4H2,1H3,(H3,22,27,29,36)(H3,23,28,30,37). The van der Waals surface area contributed by atoms with E-state index in [1.54, 1.807) is 0 Å². The Bertz CT molecular complexity index is 1890. The molecule has 4 aromatic heterocycles. The van der Waals surface area contributed by atoms with E-state index in [4.69, 9.17) is 25.7 Å². The third-order valence-electron chi connectivity index (χ3n) is 7.26. The molecule has 232 valence electrons. The van der Waals surface area contributed by atoms with Crippen LogP contribution < -0.4 is 32.0 Å². The number of nitrogens with one attached hydrogen (secondary N) is 4. The van der Waals surface area contributed by atoms with Crippen molar-refractivity contribution in [3.05, 3.63) is 33.4 Å². The van der Waals surface area contributed by atoms with E-state index in [9.17, 15) is 28.2 Å². The molecule has 0 aromatic carbocycles. The summed E-state index contributed by atoms with van der Waals surface area (Å²) in [5, 5.41) is 20.8. The van der Waals surface area contributed by atoms with Crippen LogP contribution in [0.2, 0.25) is 0 Å². The molecule has 2 saturated heterocycles. The van der Waals surface area contributed by atoms with Gasteiger partial charge in [-0.3, -0.25) is 28.7 Å². The highest BCUT2D eigenvalue weighted by atomic mass is 32.2. The quantitative estimate of drug-likeness (QED) is 0.0874. The highest BCUT2D eigenvalue weighted by Crippen LogP contribution is 2.33. The highest BCUT2D eigenvalue weighted by molar-refractivity contribution is 7.87. The number of rotatable bonds is 9. The van der Waals surface area contributed by atoms with Crippen molar-refractivity contribution in [1.82, 2.24) is 48.5 Å². The number of ether oxygens (including phenoxy) is 3. The van der Waals surface area contributed by atoms with Crippen molar-refractivity contribution >= 4 is 44.4 Å². The number of hydrogen-bond acceptors (Lipinski definition) is 15. The average molecular weight is 625 g/mol. The van der Waals surface area contributed by atoms with Crippen LogP contribution in [0.3, 0.4) is 0 Å². The second-order valence-corrected chi connectivity index (χ2v) is 11.5. The lowest BCUT2D eigenvalue weighted by Crippen LogP contribution is -2.50. The number of nitrogens with two attached hydrogens (primary N) is 2. The number of anilines is 2. The number of aliphatic hydroxyl groups excluding tert-OH is 2. The van der Waals surface area contributed by atoms with Gasteiger partial charge in [0.25, 0.3) is 21.3 Å². The van der Waals surface area contributed by atoms with Crippen molar-refractivity contribution in [2.45, 2.75) is 49.3 Å². The summed E-state index contributed by atoms with van der Waals surface area (Å²) in [5.41, 5.74) is 10.3. The fourth-order valence-corrected chi connectivity index (χ4v) is 6.43. The van der Waals surface area contributed by atoms with Crippen molar-refractivity contribution in [1.29, 1.82) is 0 Å². The molecule has 22 heteroatoms. The SMILES string of the molecule is COC1C(CNS(=O)(=O)NC2CC(n3cnc4c(=O)[nH]c(N)nc43)OC2CO)OC(n2cnc3c(=O)[nH]c(N)nc32)C1O. The van der Waals surface area contributed by atoms with Gasteiger partial charge in [0.1, 0.15) is 24.5 Å². The van der Waals surface area contributed by atoms with Gasteiger partial charge < -0.3 is 35.9 Å². The van der Waals surface area contributed by atoms with Gasteiger partial charge in [0.15, 0.2) is 28.6 Å². The number of nitrogen functional groups attached to an aromatic ring is 2. The topological polar surface area (TPSA) is 306 Å². The van der Waals surface area contributed by atoms with E-state index in [1.165, 1.54) is 28.9 Å².